The molecule has 3 nitrogen and oxygen atoms in total. The summed E-state index contributed by atoms with van der Waals surface area (Å²) in [6.07, 6.45) is 7.62. The van der Waals surface area contributed by atoms with Gasteiger partial charge in [0, 0.05) is 37.5 Å². The van der Waals surface area contributed by atoms with Gasteiger partial charge < -0.3 is 4.90 Å². The van der Waals surface area contributed by atoms with Gasteiger partial charge in [-0.25, -0.2) is 0 Å². The lowest BCUT2D eigenvalue weighted by molar-refractivity contribution is -0.140. The van der Waals surface area contributed by atoms with Crippen LogP contribution in [0.5, 0.6) is 0 Å². The van der Waals surface area contributed by atoms with Gasteiger partial charge in [0.1, 0.15) is 0 Å². The Balaban J connectivity index is 1.17. The van der Waals surface area contributed by atoms with E-state index < -0.39 is 0 Å². The molecule has 3 heteroatoms. The quantitative estimate of drug-likeness (QED) is 0.852. The molecule has 2 heterocycles. The standard InChI is InChI=1S/C21H28N2O/c24-19(18-12-20(13-18)6-7-20)23-11-9-21(16-23)8-10-22(15-21)14-17-4-2-1-3-5-17/h1-5,18H,6-16H2. The van der Waals surface area contributed by atoms with Crippen LogP contribution in [-0.4, -0.2) is 41.9 Å². The molecule has 2 saturated heterocycles. The summed E-state index contributed by atoms with van der Waals surface area (Å²) in [6, 6.07) is 10.8. The predicted octanol–water partition coefficient (Wildman–Crippen LogP) is 3.30. The van der Waals surface area contributed by atoms with Crippen molar-refractivity contribution < 1.29 is 4.79 Å². The normalized spacial score (nSPS) is 31.8. The second-order valence-electron chi connectivity index (χ2n) is 9.06. The first-order valence-corrected chi connectivity index (χ1v) is 9.71. The third-order valence-corrected chi connectivity index (χ3v) is 7.18. The Morgan fingerprint density at radius 1 is 0.958 bits per heavy atom. The first-order chi connectivity index (χ1) is 11.7. The van der Waals surface area contributed by atoms with E-state index in [0.717, 1.165) is 19.6 Å². The predicted molar refractivity (Wildman–Crippen MR) is 94.4 cm³/mol. The smallest absolute Gasteiger partial charge is 0.225 e. The molecule has 2 spiro atoms. The van der Waals surface area contributed by atoms with Crippen molar-refractivity contribution >= 4 is 5.91 Å². The average Bonchev–Trinajstić information content (AvgIpc) is 3.14. The summed E-state index contributed by atoms with van der Waals surface area (Å²) in [5.74, 6) is 0.843. The highest BCUT2D eigenvalue weighted by molar-refractivity contribution is 5.80. The van der Waals surface area contributed by atoms with Crippen LogP contribution < -0.4 is 0 Å². The number of rotatable bonds is 3. The maximum atomic E-state index is 12.8. The molecule has 0 radical (unpaired) electrons. The minimum absolute atomic E-state index is 0.365. The van der Waals surface area contributed by atoms with Gasteiger partial charge in [-0.15, -0.1) is 0 Å². The van der Waals surface area contributed by atoms with Crippen molar-refractivity contribution in [3.05, 3.63) is 35.9 Å². The Hall–Kier alpha value is -1.35. The van der Waals surface area contributed by atoms with Crippen LogP contribution in [0.1, 0.15) is 44.1 Å². The SMILES string of the molecule is O=C(C1CC2(CC2)C1)N1CCC2(CCN(Cc3ccccc3)C2)C1. The summed E-state index contributed by atoms with van der Waals surface area (Å²) >= 11 is 0. The number of likely N-dealkylation sites (tertiary alicyclic amines) is 2. The van der Waals surface area contributed by atoms with Crippen LogP contribution in [0.25, 0.3) is 0 Å². The second-order valence-corrected chi connectivity index (χ2v) is 9.06. The van der Waals surface area contributed by atoms with Crippen LogP contribution in [-0.2, 0) is 11.3 Å². The van der Waals surface area contributed by atoms with E-state index in [1.54, 1.807) is 0 Å². The Bertz CT molecular complexity index is 630. The van der Waals surface area contributed by atoms with E-state index in [4.69, 9.17) is 0 Å². The number of amides is 1. The van der Waals surface area contributed by atoms with Gasteiger partial charge in [-0.3, -0.25) is 9.69 Å². The van der Waals surface area contributed by atoms with Crippen molar-refractivity contribution in [3.63, 3.8) is 0 Å². The summed E-state index contributed by atoms with van der Waals surface area (Å²) in [5, 5.41) is 0. The lowest BCUT2D eigenvalue weighted by Gasteiger charge is -2.37. The maximum Gasteiger partial charge on any atom is 0.225 e. The Kier molecular flexibility index (Phi) is 3.31. The van der Waals surface area contributed by atoms with E-state index in [9.17, 15) is 4.79 Å². The van der Waals surface area contributed by atoms with Gasteiger partial charge in [0.15, 0.2) is 0 Å². The first-order valence-electron chi connectivity index (χ1n) is 9.71. The molecule has 1 unspecified atom stereocenters. The van der Waals surface area contributed by atoms with Gasteiger partial charge in [0.05, 0.1) is 0 Å². The van der Waals surface area contributed by atoms with Crippen LogP contribution in [0.2, 0.25) is 0 Å². The highest BCUT2D eigenvalue weighted by Crippen LogP contribution is 2.63. The fourth-order valence-corrected chi connectivity index (χ4v) is 5.46. The lowest BCUT2D eigenvalue weighted by atomic mass is 9.71. The minimum atomic E-state index is 0.365. The van der Waals surface area contributed by atoms with Crippen molar-refractivity contribution in [3.8, 4) is 0 Å². The average molecular weight is 324 g/mol. The molecule has 0 bridgehead atoms. The number of carbonyl (C=O) groups is 1. The van der Waals surface area contributed by atoms with E-state index in [1.807, 2.05) is 0 Å². The summed E-state index contributed by atoms with van der Waals surface area (Å²) < 4.78 is 0. The van der Waals surface area contributed by atoms with Gasteiger partial charge >= 0.3 is 0 Å². The molecule has 5 rings (SSSR count). The Morgan fingerprint density at radius 3 is 2.46 bits per heavy atom. The zero-order chi connectivity index (χ0) is 16.2. The summed E-state index contributed by atoms with van der Waals surface area (Å²) in [5.41, 5.74) is 2.42. The van der Waals surface area contributed by atoms with Gasteiger partial charge in [0.25, 0.3) is 0 Å². The summed E-state index contributed by atoms with van der Waals surface area (Å²) in [7, 11) is 0. The summed E-state index contributed by atoms with van der Waals surface area (Å²) in [4.78, 5) is 17.6. The van der Waals surface area contributed by atoms with Crippen molar-refractivity contribution in [1.29, 1.82) is 0 Å². The van der Waals surface area contributed by atoms with Gasteiger partial charge in [-0.05, 0) is 56.0 Å². The van der Waals surface area contributed by atoms with Crippen LogP contribution in [0.3, 0.4) is 0 Å². The van der Waals surface area contributed by atoms with Crippen molar-refractivity contribution in [2.45, 2.75) is 45.1 Å². The second kappa shape index (κ2) is 5.32. The fraction of sp³-hybridized carbons (Fsp3) is 0.667. The molecule has 1 aromatic carbocycles. The number of hydrogen-bond acceptors (Lipinski definition) is 2. The highest BCUT2D eigenvalue weighted by Gasteiger charge is 2.56. The van der Waals surface area contributed by atoms with Crippen LogP contribution in [0.4, 0.5) is 0 Å². The van der Waals surface area contributed by atoms with Crippen LogP contribution >= 0.6 is 0 Å². The van der Waals surface area contributed by atoms with Crippen LogP contribution in [0.15, 0.2) is 30.3 Å². The molecular weight excluding hydrogens is 296 g/mol. The van der Waals surface area contributed by atoms with E-state index in [1.165, 1.54) is 57.2 Å². The highest BCUT2D eigenvalue weighted by atomic mass is 16.2. The lowest BCUT2D eigenvalue weighted by Crippen LogP contribution is -2.42. The third kappa shape index (κ3) is 2.57. The zero-order valence-corrected chi connectivity index (χ0v) is 14.5. The van der Waals surface area contributed by atoms with E-state index in [2.05, 4.69) is 40.1 Å². The Morgan fingerprint density at radius 2 is 1.71 bits per heavy atom. The molecule has 1 aromatic rings. The first kappa shape index (κ1) is 14.9. The molecule has 0 N–H and O–H groups in total. The largest absolute Gasteiger partial charge is 0.342 e. The van der Waals surface area contributed by atoms with Gasteiger partial charge in [-0.2, -0.15) is 0 Å². The maximum absolute atomic E-state index is 12.8. The molecule has 2 saturated carbocycles. The third-order valence-electron chi connectivity index (χ3n) is 7.18. The molecule has 0 aromatic heterocycles. The van der Waals surface area contributed by atoms with Crippen molar-refractivity contribution in [1.82, 2.24) is 9.80 Å². The zero-order valence-electron chi connectivity index (χ0n) is 14.5. The molecule has 4 aliphatic rings. The molecule has 128 valence electrons. The van der Waals surface area contributed by atoms with Crippen molar-refractivity contribution in [2.75, 3.05) is 26.2 Å². The van der Waals surface area contributed by atoms with Gasteiger partial charge in [0.2, 0.25) is 5.91 Å². The van der Waals surface area contributed by atoms with Gasteiger partial charge in [-0.1, -0.05) is 30.3 Å². The van der Waals surface area contributed by atoms with E-state index >= 15 is 0 Å². The fourth-order valence-electron chi connectivity index (χ4n) is 5.46. The molecule has 4 fully saturated rings. The van der Waals surface area contributed by atoms with E-state index in [-0.39, 0.29) is 0 Å². The van der Waals surface area contributed by atoms with E-state index in [0.29, 0.717) is 22.7 Å². The molecule has 1 amide bonds. The minimum Gasteiger partial charge on any atom is -0.342 e. The molecule has 2 aliphatic carbocycles. The number of nitrogens with zero attached hydrogens (tertiary/aromatic N) is 2. The molecule has 2 aliphatic heterocycles. The van der Waals surface area contributed by atoms with Crippen LogP contribution in [0, 0.1) is 16.7 Å². The monoisotopic (exact) mass is 324 g/mol. The molecule has 1 atom stereocenters. The number of carbonyl (C=O) groups excluding carboxylic acids is 1. The summed E-state index contributed by atoms with van der Waals surface area (Å²) in [6.45, 7) is 5.42. The number of benzene rings is 1. The Labute approximate surface area is 145 Å². The number of hydrogen-bond donors (Lipinski definition) is 0. The molecule has 24 heavy (non-hydrogen) atoms. The van der Waals surface area contributed by atoms with Crippen molar-refractivity contribution in [2.24, 2.45) is 16.7 Å². The topological polar surface area (TPSA) is 23.6 Å². The molecular formula is C21H28N2O.